The lowest BCUT2D eigenvalue weighted by Gasteiger charge is -2.13. The standard InChI is InChI=1S/C22H17N3O4S2/c1-12(31-22-25-24-21(29-22)19-8-5-9-30-19)20(26)23-15-11-17-14(10-18(15)27-2)13-6-3-4-7-16(13)28-17/h3-12H,1-2H3,(H,23,26). The van der Waals surface area contributed by atoms with Gasteiger partial charge in [0.2, 0.25) is 5.91 Å². The van der Waals surface area contributed by atoms with E-state index in [0.717, 1.165) is 21.2 Å². The smallest absolute Gasteiger partial charge is 0.277 e. The van der Waals surface area contributed by atoms with Crippen LogP contribution in [0.15, 0.2) is 68.0 Å². The zero-order valence-corrected chi connectivity index (χ0v) is 18.3. The van der Waals surface area contributed by atoms with E-state index in [0.29, 0.717) is 28.1 Å². The molecule has 1 amide bonds. The Balaban J connectivity index is 1.36. The van der Waals surface area contributed by atoms with Gasteiger partial charge < -0.3 is 18.9 Å². The van der Waals surface area contributed by atoms with E-state index in [-0.39, 0.29) is 5.91 Å². The maximum absolute atomic E-state index is 12.8. The van der Waals surface area contributed by atoms with Crippen LogP contribution in [0.3, 0.4) is 0 Å². The fourth-order valence-electron chi connectivity index (χ4n) is 3.21. The number of amides is 1. The fourth-order valence-corrected chi connectivity index (χ4v) is 4.54. The molecule has 1 N–H and O–H groups in total. The number of hydrogen-bond donors (Lipinski definition) is 1. The lowest BCUT2D eigenvalue weighted by molar-refractivity contribution is -0.115. The number of rotatable bonds is 6. The van der Waals surface area contributed by atoms with Gasteiger partial charge in [0.15, 0.2) is 0 Å². The molecule has 9 heteroatoms. The molecule has 0 aliphatic carbocycles. The second kappa shape index (κ2) is 8.09. The highest BCUT2D eigenvalue weighted by Crippen LogP contribution is 2.37. The quantitative estimate of drug-likeness (QED) is 0.325. The molecule has 0 fully saturated rings. The van der Waals surface area contributed by atoms with Crippen molar-refractivity contribution in [3.8, 4) is 16.5 Å². The summed E-state index contributed by atoms with van der Waals surface area (Å²) in [6.45, 7) is 1.78. The van der Waals surface area contributed by atoms with E-state index in [9.17, 15) is 4.79 Å². The number of carbonyl (C=O) groups excluding carboxylic acids is 1. The van der Waals surface area contributed by atoms with Crippen molar-refractivity contribution < 1.29 is 18.4 Å². The molecule has 31 heavy (non-hydrogen) atoms. The Morgan fingerprint density at radius 1 is 1.10 bits per heavy atom. The van der Waals surface area contributed by atoms with Gasteiger partial charge >= 0.3 is 0 Å². The zero-order chi connectivity index (χ0) is 21.4. The normalized spacial score (nSPS) is 12.3. The van der Waals surface area contributed by atoms with Crippen LogP contribution >= 0.6 is 23.1 Å². The van der Waals surface area contributed by atoms with E-state index in [1.54, 1.807) is 20.1 Å². The minimum absolute atomic E-state index is 0.213. The van der Waals surface area contributed by atoms with E-state index >= 15 is 0 Å². The molecule has 0 bridgehead atoms. The minimum Gasteiger partial charge on any atom is -0.495 e. The first-order chi connectivity index (χ1) is 15.1. The predicted octanol–water partition coefficient (Wildman–Crippen LogP) is 5.83. The lowest BCUT2D eigenvalue weighted by Crippen LogP contribution is -2.22. The Morgan fingerprint density at radius 2 is 1.97 bits per heavy atom. The third-order valence-corrected chi connectivity index (χ3v) is 6.53. The summed E-state index contributed by atoms with van der Waals surface area (Å²) in [7, 11) is 1.57. The van der Waals surface area contributed by atoms with Crippen molar-refractivity contribution in [2.24, 2.45) is 0 Å². The van der Waals surface area contributed by atoms with Gasteiger partial charge in [0, 0.05) is 16.8 Å². The van der Waals surface area contributed by atoms with Crippen LogP contribution in [0.1, 0.15) is 6.92 Å². The number of para-hydroxylation sites is 1. The highest BCUT2D eigenvalue weighted by molar-refractivity contribution is 8.00. The topological polar surface area (TPSA) is 90.4 Å². The molecule has 7 nitrogen and oxygen atoms in total. The van der Waals surface area contributed by atoms with Crippen molar-refractivity contribution in [1.82, 2.24) is 10.2 Å². The van der Waals surface area contributed by atoms with Crippen molar-refractivity contribution in [3.63, 3.8) is 0 Å². The van der Waals surface area contributed by atoms with Crippen molar-refractivity contribution in [2.45, 2.75) is 17.4 Å². The van der Waals surface area contributed by atoms with E-state index in [1.165, 1.54) is 23.1 Å². The van der Waals surface area contributed by atoms with Crippen LogP contribution in [0.4, 0.5) is 5.69 Å². The molecule has 3 aromatic heterocycles. The number of fused-ring (bicyclic) bond motifs is 3. The minimum atomic E-state index is -0.465. The molecule has 1 unspecified atom stereocenters. The largest absolute Gasteiger partial charge is 0.495 e. The molecule has 0 aliphatic rings. The van der Waals surface area contributed by atoms with Crippen LogP contribution in [0, 0.1) is 0 Å². The van der Waals surface area contributed by atoms with E-state index in [2.05, 4.69) is 15.5 Å². The van der Waals surface area contributed by atoms with Crippen LogP contribution < -0.4 is 10.1 Å². The molecule has 5 aromatic rings. The van der Waals surface area contributed by atoms with Crippen molar-refractivity contribution in [1.29, 1.82) is 0 Å². The van der Waals surface area contributed by atoms with Crippen LogP contribution in [0.2, 0.25) is 0 Å². The van der Waals surface area contributed by atoms with Gasteiger partial charge in [-0.15, -0.1) is 21.5 Å². The summed E-state index contributed by atoms with van der Waals surface area (Å²) in [5.41, 5.74) is 2.00. The summed E-state index contributed by atoms with van der Waals surface area (Å²) >= 11 is 2.71. The van der Waals surface area contributed by atoms with Crippen molar-refractivity contribution >= 4 is 56.6 Å². The van der Waals surface area contributed by atoms with Crippen molar-refractivity contribution in [3.05, 3.63) is 53.9 Å². The van der Waals surface area contributed by atoms with Crippen molar-refractivity contribution in [2.75, 3.05) is 12.4 Å². The van der Waals surface area contributed by atoms with E-state index in [1.807, 2.05) is 47.8 Å². The molecule has 2 aromatic carbocycles. The molecular weight excluding hydrogens is 434 g/mol. The number of nitrogens with zero attached hydrogens (tertiary/aromatic N) is 2. The predicted molar refractivity (Wildman–Crippen MR) is 122 cm³/mol. The number of aromatic nitrogens is 2. The molecule has 0 saturated heterocycles. The van der Waals surface area contributed by atoms with Gasteiger partial charge in [-0.2, -0.15) is 0 Å². The SMILES string of the molecule is COc1cc2c(cc1NC(=O)C(C)Sc1nnc(-c3cccs3)o1)oc1ccccc12. The number of carbonyl (C=O) groups is 1. The maximum atomic E-state index is 12.8. The van der Waals surface area contributed by atoms with Crippen LogP contribution in [-0.4, -0.2) is 28.5 Å². The second-order valence-corrected chi connectivity index (χ2v) is 8.99. The molecule has 0 radical (unpaired) electrons. The summed E-state index contributed by atoms with van der Waals surface area (Å²) in [5, 5.41) is 14.7. The highest BCUT2D eigenvalue weighted by atomic mass is 32.2. The van der Waals surface area contributed by atoms with Crippen LogP contribution in [0.5, 0.6) is 5.75 Å². The van der Waals surface area contributed by atoms with E-state index < -0.39 is 5.25 Å². The number of anilines is 1. The summed E-state index contributed by atoms with van der Waals surface area (Å²) in [6, 6.07) is 15.3. The Hall–Kier alpha value is -3.30. The summed E-state index contributed by atoms with van der Waals surface area (Å²) < 4.78 is 17.1. The first-order valence-corrected chi connectivity index (χ1v) is 11.2. The average Bonchev–Trinajstić information content (AvgIpc) is 3.52. The molecular formula is C22H17N3O4S2. The summed E-state index contributed by atoms with van der Waals surface area (Å²) in [6.07, 6.45) is 0. The molecule has 1 atom stereocenters. The second-order valence-electron chi connectivity index (χ2n) is 6.75. The Morgan fingerprint density at radius 3 is 2.77 bits per heavy atom. The van der Waals surface area contributed by atoms with E-state index in [4.69, 9.17) is 13.6 Å². The van der Waals surface area contributed by atoms with Gasteiger partial charge in [-0.25, -0.2) is 0 Å². The monoisotopic (exact) mass is 451 g/mol. The van der Waals surface area contributed by atoms with Crippen LogP contribution in [0.25, 0.3) is 32.7 Å². The number of thioether (sulfide) groups is 1. The third-order valence-electron chi connectivity index (χ3n) is 4.74. The number of furan rings is 1. The third kappa shape index (κ3) is 3.77. The Labute approximate surface area is 185 Å². The summed E-state index contributed by atoms with van der Waals surface area (Å²) in [5.74, 6) is 0.791. The van der Waals surface area contributed by atoms with Crippen LogP contribution in [-0.2, 0) is 4.79 Å². The molecule has 0 saturated carbocycles. The van der Waals surface area contributed by atoms with Gasteiger partial charge in [0.05, 0.1) is 22.9 Å². The van der Waals surface area contributed by atoms with Gasteiger partial charge in [-0.1, -0.05) is 36.0 Å². The molecule has 0 spiro atoms. The number of hydrogen-bond acceptors (Lipinski definition) is 8. The van der Waals surface area contributed by atoms with Gasteiger partial charge in [0.25, 0.3) is 11.1 Å². The molecule has 3 heterocycles. The number of benzene rings is 2. The molecule has 0 aliphatic heterocycles. The first kappa shape index (κ1) is 19.7. The molecule has 156 valence electrons. The zero-order valence-electron chi connectivity index (χ0n) is 16.6. The lowest BCUT2D eigenvalue weighted by atomic mass is 10.1. The van der Waals surface area contributed by atoms with Gasteiger partial charge in [-0.05, 0) is 30.5 Å². The Bertz CT molecular complexity index is 1370. The summed E-state index contributed by atoms with van der Waals surface area (Å²) in [4.78, 5) is 13.7. The first-order valence-electron chi connectivity index (χ1n) is 9.46. The highest BCUT2D eigenvalue weighted by Gasteiger charge is 2.21. The van der Waals surface area contributed by atoms with Gasteiger partial charge in [0.1, 0.15) is 16.9 Å². The number of ether oxygens (including phenoxy) is 1. The maximum Gasteiger partial charge on any atom is 0.277 e. The Kier molecular flexibility index (Phi) is 5.13. The average molecular weight is 452 g/mol. The number of methoxy groups -OCH3 is 1. The molecule has 5 rings (SSSR count). The van der Waals surface area contributed by atoms with Gasteiger partial charge in [-0.3, -0.25) is 4.79 Å². The number of nitrogens with one attached hydrogen (secondary N) is 1. The number of thiophene rings is 1. The fraction of sp³-hybridized carbons (Fsp3) is 0.136.